The first-order valence-corrected chi connectivity index (χ1v) is 7.63. The molecule has 1 fully saturated rings. The van der Waals surface area contributed by atoms with E-state index >= 15 is 0 Å². The molecule has 18 heavy (non-hydrogen) atoms. The molecule has 0 aliphatic heterocycles. The highest BCUT2D eigenvalue weighted by atomic mass is 16.5. The molecule has 1 rings (SSSR count). The van der Waals surface area contributed by atoms with E-state index < -0.39 is 5.54 Å². The summed E-state index contributed by atoms with van der Waals surface area (Å²) in [5, 5.41) is 3.62. The number of hydrogen-bond acceptors (Lipinski definition) is 3. The maximum Gasteiger partial charge on any atom is 0.326 e. The van der Waals surface area contributed by atoms with Crippen molar-refractivity contribution in [2.24, 2.45) is 0 Å². The second kappa shape index (κ2) is 7.78. The molecule has 0 saturated heterocycles. The second-order valence-electron chi connectivity index (χ2n) is 5.34. The molecule has 0 aromatic carbocycles. The Labute approximate surface area is 112 Å². The molecule has 0 heterocycles. The van der Waals surface area contributed by atoms with Crippen molar-refractivity contribution >= 4 is 5.97 Å². The molecular formula is C15H29NO2. The third kappa shape index (κ3) is 3.98. The zero-order valence-corrected chi connectivity index (χ0v) is 12.3. The molecule has 0 unspecified atom stereocenters. The van der Waals surface area contributed by atoms with Gasteiger partial charge < -0.3 is 4.74 Å². The van der Waals surface area contributed by atoms with Gasteiger partial charge in [0.15, 0.2) is 0 Å². The predicted molar refractivity (Wildman–Crippen MR) is 74.6 cm³/mol. The fourth-order valence-electron chi connectivity index (χ4n) is 2.89. The van der Waals surface area contributed by atoms with E-state index in [4.69, 9.17) is 4.74 Å². The van der Waals surface area contributed by atoms with Gasteiger partial charge in [0.1, 0.15) is 5.54 Å². The van der Waals surface area contributed by atoms with Crippen molar-refractivity contribution in [2.75, 3.05) is 6.61 Å². The summed E-state index contributed by atoms with van der Waals surface area (Å²) in [4.78, 5) is 12.2. The molecule has 1 saturated carbocycles. The Hall–Kier alpha value is -0.570. The SMILES string of the molecule is CCOC(=O)C(CC)(CC)NC1CCCCCC1. The van der Waals surface area contributed by atoms with Crippen LogP contribution in [0.2, 0.25) is 0 Å². The van der Waals surface area contributed by atoms with Crippen molar-refractivity contribution < 1.29 is 9.53 Å². The third-order valence-electron chi connectivity index (χ3n) is 4.21. The average Bonchev–Trinajstić information content (AvgIpc) is 2.64. The topological polar surface area (TPSA) is 38.3 Å². The van der Waals surface area contributed by atoms with E-state index in [9.17, 15) is 4.79 Å². The van der Waals surface area contributed by atoms with E-state index in [1.54, 1.807) is 0 Å². The van der Waals surface area contributed by atoms with Crippen LogP contribution in [0, 0.1) is 0 Å². The zero-order valence-electron chi connectivity index (χ0n) is 12.3. The van der Waals surface area contributed by atoms with Crippen LogP contribution < -0.4 is 5.32 Å². The summed E-state index contributed by atoms with van der Waals surface area (Å²) in [6.07, 6.45) is 9.24. The quantitative estimate of drug-likeness (QED) is 0.584. The Balaban J connectivity index is 2.67. The lowest BCUT2D eigenvalue weighted by atomic mass is 9.90. The highest BCUT2D eigenvalue weighted by Gasteiger charge is 2.37. The molecular weight excluding hydrogens is 226 g/mol. The summed E-state index contributed by atoms with van der Waals surface area (Å²) in [5.41, 5.74) is -0.467. The van der Waals surface area contributed by atoms with Gasteiger partial charge in [0.05, 0.1) is 6.61 Å². The average molecular weight is 255 g/mol. The summed E-state index contributed by atoms with van der Waals surface area (Å²) in [6.45, 7) is 6.49. The van der Waals surface area contributed by atoms with Gasteiger partial charge in [-0.2, -0.15) is 0 Å². The van der Waals surface area contributed by atoms with Gasteiger partial charge >= 0.3 is 5.97 Å². The Kier molecular flexibility index (Phi) is 6.69. The molecule has 1 N–H and O–H groups in total. The fourth-order valence-corrected chi connectivity index (χ4v) is 2.89. The van der Waals surface area contributed by atoms with Crippen LogP contribution in [0.1, 0.15) is 72.1 Å². The summed E-state index contributed by atoms with van der Waals surface area (Å²) in [7, 11) is 0. The van der Waals surface area contributed by atoms with Crippen LogP contribution in [0.3, 0.4) is 0 Å². The van der Waals surface area contributed by atoms with Crippen molar-refractivity contribution in [2.45, 2.75) is 83.7 Å². The van der Waals surface area contributed by atoms with Gasteiger partial charge in [-0.15, -0.1) is 0 Å². The van der Waals surface area contributed by atoms with E-state index in [0.717, 1.165) is 12.8 Å². The second-order valence-corrected chi connectivity index (χ2v) is 5.34. The molecule has 0 amide bonds. The molecule has 3 nitrogen and oxygen atoms in total. The van der Waals surface area contributed by atoms with Gasteiger partial charge in [0, 0.05) is 6.04 Å². The van der Waals surface area contributed by atoms with E-state index in [1.165, 1.54) is 38.5 Å². The van der Waals surface area contributed by atoms with E-state index in [-0.39, 0.29) is 5.97 Å². The third-order valence-corrected chi connectivity index (χ3v) is 4.21. The minimum Gasteiger partial charge on any atom is -0.465 e. The van der Waals surface area contributed by atoms with Crippen LogP contribution >= 0.6 is 0 Å². The summed E-state index contributed by atoms with van der Waals surface area (Å²) < 4.78 is 5.26. The first kappa shape index (κ1) is 15.5. The monoisotopic (exact) mass is 255 g/mol. The lowest BCUT2D eigenvalue weighted by Gasteiger charge is -2.34. The smallest absolute Gasteiger partial charge is 0.326 e. The Bertz CT molecular complexity index is 241. The minimum atomic E-state index is -0.467. The molecule has 0 radical (unpaired) electrons. The molecule has 106 valence electrons. The first-order chi connectivity index (χ1) is 8.68. The van der Waals surface area contributed by atoms with Crippen LogP contribution in [-0.4, -0.2) is 24.2 Å². The number of esters is 1. The Morgan fingerprint density at radius 3 is 2.11 bits per heavy atom. The van der Waals surface area contributed by atoms with Gasteiger partial charge in [-0.25, -0.2) is 0 Å². The van der Waals surface area contributed by atoms with Crippen molar-refractivity contribution in [1.29, 1.82) is 0 Å². The Morgan fingerprint density at radius 2 is 1.67 bits per heavy atom. The molecule has 1 aliphatic carbocycles. The number of carbonyl (C=O) groups excluding carboxylic acids is 1. The fraction of sp³-hybridized carbons (Fsp3) is 0.933. The number of hydrogen-bond donors (Lipinski definition) is 1. The van der Waals surface area contributed by atoms with Crippen molar-refractivity contribution in [3.05, 3.63) is 0 Å². The van der Waals surface area contributed by atoms with Crippen molar-refractivity contribution in [3.8, 4) is 0 Å². The van der Waals surface area contributed by atoms with E-state index in [0.29, 0.717) is 12.6 Å². The number of rotatable bonds is 6. The number of ether oxygens (including phenoxy) is 1. The van der Waals surface area contributed by atoms with Crippen LogP contribution in [-0.2, 0) is 9.53 Å². The van der Waals surface area contributed by atoms with Gasteiger partial charge in [0.25, 0.3) is 0 Å². The molecule has 0 atom stereocenters. The van der Waals surface area contributed by atoms with Crippen LogP contribution in [0.4, 0.5) is 0 Å². The van der Waals surface area contributed by atoms with Crippen LogP contribution in [0.5, 0.6) is 0 Å². The molecule has 0 aromatic heterocycles. The molecule has 0 spiro atoms. The van der Waals surface area contributed by atoms with Gasteiger partial charge in [0.2, 0.25) is 0 Å². The normalized spacial score (nSPS) is 18.4. The largest absolute Gasteiger partial charge is 0.465 e. The summed E-state index contributed by atoms with van der Waals surface area (Å²) in [5.74, 6) is -0.0701. The standard InChI is InChI=1S/C15H29NO2/c1-4-15(5-2,14(17)18-6-3)16-13-11-9-7-8-10-12-13/h13,16H,4-12H2,1-3H3. The highest BCUT2D eigenvalue weighted by Crippen LogP contribution is 2.24. The maximum atomic E-state index is 12.2. The highest BCUT2D eigenvalue weighted by molar-refractivity contribution is 5.80. The van der Waals surface area contributed by atoms with E-state index in [1.807, 2.05) is 6.92 Å². The molecule has 0 bridgehead atoms. The predicted octanol–water partition coefficient (Wildman–Crippen LogP) is 3.42. The first-order valence-electron chi connectivity index (χ1n) is 7.63. The summed E-state index contributed by atoms with van der Waals surface area (Å²) in [6, 6.07) is 0.483. The lowest BCUT2D eigenvalue weighted by molar-refractivity contribution is -0.152. The van der Waals surface area contributed by atoms with Crippen LogP contribution in [0.15, 0.2) is 0 Å². The lowest BCUT2D eigenvalue weighted by Crippen LogP contribution is -2.56. The summed E-state index contributed by atoms with van der Waals surface area (Å²) >= 11 is 0. The van der Waals surface area contributed by atoms with Crippen LogP contribution in [0.25, 0.3) is 0 Å². The molecule has 1 aliphatic rings. The molecule has 3 heteroatoms. The van der Waals surface area contributed by atoms with Gasteiger partial charge in [-0.05, 0) is 32.6 Å². The molecule has 0 aromatic rings. The van der Waals surface area contributed by atoms with Gasteiger partial charge in [-0.1, -0.05) is 39.5 Å². The number of carbonyl (C=O) groups is 1. The minimum absolute atomic E-state index is 0.0701. The Morgan fingerprint density at radius 1 is 1.11 bits per heavy atom. The van der Waals surface area contributed by atoms with E-state index in [2.05, 4.69) is 19.2 Å². The van der Waals surface area contributed by atoms with Crippen molar-refractivity contribution in [1.82, 2.24) is 5.32 Å². The van der Waals surface area contributed by atoms with Gasteiger partial charge in [-0.3, -0.25) is 10.1 Å². The maximum absolute atomic E-state index is 12.2. The van der Waals surface area contributed by atoms with Crippen molar-refractivity contribution in [3.63, 3.8) is 0 Å². The zero-order chi connectivity index (χ0) is 13.4. The number of nitrogens with one attached hydrogen (secondary N) is 1.